The number of nitrogens with zero attached hydrogens (tertiary/aromatic N) is 1. The molecule has 0 unspecified atom stereocenters. The van der Waals surface area contributed by atoms with Crippen LogP contribution in [0.4, 0.5) is 0 Å². The first-order valence-corrected chi connectivity index (χ1v) is 17.9. The highest BCUT2D eigenvalue weighted by Gasteiger charge is 2.32. The maximum absolute atomic E-state index is 13.5. The van der Waals surface area contributed by atoms with Crippen LogP contribution in [0.5, 0.6) is 0 Å². The summed E-state index contributed by atoms with van der Waals surface area (Å²) in [5.41, 5.74) is 0.778. The van der Waals surface area contributed by atoms with Gasteiger partial charge in [0.1, 0.15) is 24.2 Å². The van der Waals surface area contributed by atoms with Gasteiger partial charge in [0.15, 0.2) is 9.84 Å². The van der Waals surface area contributed by atoms with Crippen LogP contribution in [0.1, 0.15) is 45.6 Å². The van der Waals surface area contributed by atoms with Crippen LogP contribution in [0.25, 0.3) is 0 Å². The van der Waals surface area contributed by atoms with Gasteiger partial charge >= 0.3 is 0 Å². The SMILES string of the molecule is CC(C)[C@H]1NC(=O)[C@@H](NC(=O)CCS(=O)(=O)c2ccccc2)CCCNC(=O)CN(C)C(=O)[C@H](Cc2ccccc2)NC(=O)[C@@H](C)NC1=O. The summed E-state index contributed by atoms with van der Waals surface area (Å²) in [7, 11) is -2.31. The molecule has 1 fully saturated rings. The van der Waals surface area contributed by atoms with Crippen LogP contribution in [0.3, 0.4) is 0 Å². The van der Waals surface area contributed by atoms with Crippen LogP contribution in [0, 0.1) is 5.92 Å². The molecule has 0 aliphatic carbocycles. The highest BCUT2D eigenvalue weighted by molar-refractivity contribution is 7.91. The number of hydrogen-bond acceptors (Lipinski definition) is 8. The minimum Gasteiger partial charge on any atom is -0.355 e. The molecule has 1 aliphatic rings. The summed E-state index contributed by atoms with van der Waals surface area (Å²) in [5.74, 6) is -4.57. The van der Waals surface area contributed by atoms with Crippen LogP contribution in [-0.4, -0.2) is 98.8 Å². The van der Waals surface area contributed by atoms with Gasteiger partial charge in [0, 0.05) is 26.4 Å². The van der Waals surface area contributed by atoms with Crippen LogP contribution < -0.4 is 26.6 Å². The lowest BCUT2D eigenvalue weighted by Gasteiger charge is -2.28. The summed E-state index contributed by atoms with van der Waals surface area (Å²) in [6.07, 6.45) is 0.00685. The Kier molecular flexibility index (Phi) is 14.3. The van der Waals surface area contributed by atoms with Crippen molar-refractivity contribution in [2.75, 3.05) is 25.9 Å². The maximum Gasteiger partial charge on any atom is 0.245 e. The van der Waals surface area contributed by atoms with Crippen molar-refractivity contribution in [3.05, 3.63) is 66.2 Å². The fourth-order valence-corrected chi connectivity index (χ4v) is 6.42. The second kappa shape index (κ2) is 18.1. The Morgan fingerprint density at radius 1 is 0.898 bits per heavy atom. The van der Waals surface area contributed by atoms with Gasteiger partial charge in [-0.1, -0.05) is 62.4 Å². The Hall–Kier alpha value is -4.79. The molecule has 0 radical (unpaired) electrons. The van der Waals surface area contributed by atoms with Crippen molar-refractivity contribution in [2.45, 2.75) is 75.5 Å². The Bertz CT molecular complexity index is 1590. The molecule has 0 bridgehead atoms. The van der Waals surface area contributed by atoms with E-state index in [1.807, 2.05) is 6.07 Å². The number of hydrogen-bond donors (Lipinski definition) is 5. The Balaban J connectivity index is 1.79. The highest BCUT2D eigenvalue weighted by atomic mass is 32.2. The second-order valence-corrected chi connectivity index (χ2v) is 14.5. The second-order valence-electron chi connectivity index (χ2n) is 12.4. The fraction of sp³-hybridized carbons (Fsp3) is 0.471. The standard InChI is InChI=1S/C34H46N6O8S/c1-22(2)30-33(45)36-23(3)31(43)38-27(20-24-12-7-5-8-13-24)34(46)40(4)21-29(42)35-18-11-16-26(32(44)39-30)37-28(41)17-19-49(47,48)25-14-9-6-10-15-25/h5-10,12-15,22-23,26-27,30H,11,16-21H2,1-4H3,(H,35,42)(H,36,45)(H,37,41)(H,38,43)(H,39,44)/t23-,26+,27+,30-/m1/s1. The minimum atomic E-state index is -3.76. The van der Waals surface area contributed by atoms with Crippen molar-refractivity contribution in [3.63, 3.8) is 0 Å². The summed E-state index contributed by atoms with van der Waals surface area (Å²) in [6.45, 7) is 4.63. The first-order valence-electron chi connectivity index (χ1n) is 16.2. The molecule has 14 nitrogen and oxygen atoms in total. The number of likely N-dealkylation sites (N-methyl/N-ethyl adjacent to an activating group) is 1. The van der Waals surface area contributed by atoms with Crippen LogP contribution >= 0.6 is 0 Å². The van der Waals surface area contributed by atoms with Crippen molar-refractivity contribution < 1.29 is 37.2 Å². The number of benzene rings is 2. The molecule has 0 saturated carbocycles. The zero-order valence-corrected chi connectivity index (χ0v) is 29.0. The van der Waals surface area contributed by atoms with Crippen LogP contribution in [0.2, 0.25) is 0 Å². The van der Waals surface area contributed by atoms with Crippen molar-refractivity contribution in [1.29, 1.82) is 0 Å². The Labute approximate surface area is 287 Å². The fourth-order valence-electron chi connectivity index (χ4n) is 5.16. The topological polar surface area (TPSA) is 200 Å². The van der Waals surface area contributed by atoms with Crippen LogP contribution in [-0.2, 0) is 45.0 Å². The Morgan fingerprint density at radius 2 is 1.53 bits per heavy atom. The molecule has 0 aromatic heterocycles. The predicted molar refractivity (Wildman–Crippen MR) is 181 cm³/mol. The normalized spacial score (nSPS) is 22.2. The van der Waals surface area contributed by atoms with E-state index in [-0.39, 0.29) is 37.2 Å². The highest BCUT2D eigenvalue weighted by Crippen LogP contribution is 2.12. The summed E-state index contributed by atoms with van der Waals surface area (Å²) in [5, 5.41) is 13.2. The third kappa shape index (κ3) is 12.0. The lowest BCUT2D eigenvalue weighted by Crippen LogP contribution is -2.59. The molecule has 1 saturated heterocycles. The van der Waals surface area contributed by atoms with E-state index in [1.54, 1.807) is 56.3 Å². The predicted octanol–water partition coefficient (Wildman–Crippen LogP) is 0.0766. The average molecular weight is 699 g/mol. The average Bonchev–Trinajstić information content (AvgIpc) is 3.07. The molecule has 15 heteroatoms. The molecule has 2 aromatic rings. The van der Waals surface area contributed by atoms with Gasteiger partial charge in [0.05, 0.1) is 17.2 Å². The summed E-state index contributed by atoms with van der Waals surface area (Å²) in [6, 6.07) is 12.3. The first-order chi connectivity index (χ1) is 23.2. The lowest BCUT2D eigenvalue weighted by atomic mass is 10.0. The number of carbonyl (C=O) groups is 6. The number of amides is 6. The lowest BCUT2D eigenvalue weighted by molar-refractivity contribution is -0.139. The van der Waals surface area contributed by atoms with Crippen molar-refractivity contribution in [2.24, 2.45) is 5.92 Å². The number of carbonyl (C=O) groups excluding carboxylic acids is 6. The molecule has 1 aliphatic heterocycles. The van der Waals surface area contributed by atoms with Gasteiger partial charge in [-0.3, -0.25) is 28.8 Å². The Morgan fingerprint density at radius 3 is 2.16 bits per heavy atom. The summed E-state index contributed by atoms with van der Waals surface area (Å²) >= 11 is 0. The van der Waals surface area contributed by atoms with E-state index in [0.717, 1.165) is 5.56 Å². The molecule has 0 spiro atoms. The summed E-state index contributed by atoms with van der Waals surface area (Å²) in [4.78, 5) is 80.5. The van der Waals surface area contributed by atoms with Gasteiger partial charge in [-0.05, 0) is 43.4 Å². The van der Waals surface area contributed by atoms with Crippen LogP contribution in [0.15, 0.2) is 65.6 Å². The van der Waals surface area contributed by atoms with E-state index in [0.29, 0.717) is 0 Å². The van der Waals surface area contributed by atoms with Gasteiger partial charge in [0.2, 0.25) is 35.4 Å². The van der Waals surface area contributed by atoms with Gasteiger partial charge in [-0.25, -0.2) is 8.42 Å². The van der Waals surface area contributed by atoms with E-state index in [9.17, 15) is 37.2 Å². The largest absolute Gasteiger partial charge is 0.355 e. The third-order valence-electron chi connectivity index (χ3n) is 8.00. The van der Waals surface area contributed by atoms with Gasteiger partial charge < -0.3 is 31.5 Å². The third-order valence-corrected chi connectivity index (χ3v) is 9.73. The molecule has 49 heavy (non-hydrogen) atoms. The smallest absolute Gasteiger partial charge is 0.245 e. The first kappa shape index (κ1) is 38.7. The van der Waals surface area contributed by atoms with E-state index in [2.05, 4.69) is 26.6 Å². The minimum absolute atomic E-state index is 0.0441. The molecular formula is C34H46N6O8S. The van der Waals surface area contributed by atoms with E-state index in [4.69, 9.17) is 0 Å². The van der Waals surface area contributed by atoms with E-state index >= 15 is 0 Å². The van der Waals surface area contributed by atoms with E-state index in [1.165, 1.54) is 31.0 Å². The molecule has 3 rings (SSSR count). The quantitative estimate of drug-likeness (QED) is 0.255. The summed E-state index contributed by atoms with van der Waals surface area (Å²) < 4.78 is 25.4. The van der Waals surface area contributed by atoms with E-state index < -0.39 is 87.5 Å². The maximum atomic E-state index is 13.5. The number of rotatable bonds is 8. The molecule has 5 N–H and O–H groups in total. The molecular weight excluding hydrogens is 652 g/mol. The van der Waals surface area contributed by atoms with Crippen molar-refractivity contribution >= 4 is 45.3 Å². The number of sulfone groups is 1. The molecule has 266 valence electrons. The zero-order valence-electron chi connectivity index (χ0n) is 28.2. The van der Waals surface area contributed by atoms with Crippen molar-refractivity contribution in [1.82, 2.24) is 31.5 Å². The van der Waals surface area contributed by atoms with Gasteiger partial charge in [-0.15, -0.1) is 0 Å². The van der Waals surface area contributed by atoms with Gasteiger partial charge in [0.25, 0.3) is 0 Å². The zero-order chi connectivity index (χ0) is 36.1. The molecule has 4 atom stereocenters. The number of nitrogens with one attached hydrogen (secondary N) is 5. The molecule has 6 amide bonds. The van der Waals surface area contributed by atoms with Crippen molar-refractivity contribution in [3.8, 4) is 0 Å². The monoisotopic (exact) mass is 698 g/mol. The van der Waals surface area contributed by atoms with Gasteiger partial charge in [-0.2, -0.15) is 0 Å². The molecule has 1 heterocycles. The molecule has 2 aromatic carbocycles.